The lowest BCUT2D eigenvalue weighted by atomic mass is 10.3. The number of aryl methyl sites for hydroxylation is 1. The molecule has 0 radical (unpaired) electrons. The fourth-order valence-corrected chi connectivity index (χ4v) is 2.55. The van der Waals surface area contributed by atoms with Crippen molar-refractivity contribution in [3.05, 3.63) is 40.5 Å². The van der Waals surface area contributed by atoms with Gasteiger partial charge >= 0.3 is 0 Å². The zero-order valence-corrected chi connectivity index (χ0v) is 13.1. The Bertz CT molecular complexity index is 501. The Kier molecular flexibility index (Phi) is 5.88. The molecule has 2 aromatic rings. The normalized spacial score (nSPS) is 10.8. The molecule has 102 valence electrons. The molecular formula is C13H16BrN3OS. The van der Waals surface area contributed by atoms with Gasteiger partial charge in [0.2, 0.25) is 5.89 Å². The molecule has 6 heteroatoms. The molecule has 0 aliphatic carbocycles. The summed E-state index contributed by atoms with van der Waals surface area (Å²) in [4.78, 5) is 5.58. The molecule has 0 aliphatic rings. The van der Waals surface area contributed by atoms with Crippen LogP contribution in [-0.2, 0) is 12.2 Å². The van der Waals surface area contributed by atoms with Gasteiger partial charge in [0, 0.05) is 15.8 Å². The van der Waals surface area contributed by atoms with Gasteiger partial charge in [0.1, 0.15) is 0 Å². The summed E-state index contributed by atoms with van der Waals surface area (Å²) in [6, 6.07) is 8.20. The van der Waals surface area contributed by atoms with Gasteiger partial charge in [-0.25, -0.2) is 0 Å². The highest BCUT2D eigenvalue weighted by molar-refractivity contribution is 9.10. The van der Waals surface area contributed by atoms with E-state index in [4.69, 9.17) is 4.52 Å². The zero-order chi connectivity index (χ0) is 13.5. The second-order valence-electron chi connectivity index (χ2n) is 4.05. The summed E-state index contributed by atoms with van der Waals surface area (Å²) in [6.45, 7) is 0.964. The van der Waals surface area contributed by atoms with Gasteiger partial charge in [-0.15, -0.1) is 11.8 Å². The maximum atomic E-state index is 5.21. The van der Waals surface area contributed by atoms with E-state index in [1.54, 1.807) is 11.8 Å². The lowest BCUT2D eigenvalue weighted by Gasteiger charge is -1.98. The Hall–Kier alpha value is -0.850. The van der Waals surface area contributed by atoms with Gasteiger partial charge in [-0.2, -0.15) is 4.98 Å². The first kappa shape index (κ1) is 14.6. The first-order valence-electron chi connectivity index (χ1n) is 6.12. The topological polar surface area (TPSA) is 51.0 Å². The SMILES string of the molecule is CNCCCc1nc(CSc2ccc(Br)cc2)no1. The van der Waals surface area contributed by atoms with Crippen molar-refractivity contribution in [2.75, 3.05) is 13.6 Å². The highest BCUT2D eigenvalue weighted by atomic mass is 79.9. The average molecular weight is 342 g/mol. The van der Waals surface area contributed by atoms with Crippen LogP contribution in [0, 0.1) is 0 Å². The van der Waals surface area contributed by atoms with Crippen LogP contribution in [0.3, 0.4) is 0 Å². The third-order valence-electron chi connectivity index (χ3n) is 2.51. The van der Waals surface area contributed by atoms with E-state index in [2.05, 4.69) is 43.5 Å². The second kappa shape index (κ2) is 7.67. The third kappa shape index (κ3) is 4.97. The number of nitrogens with zero attached hydrogens (tertiary/aromatic N) is 2. The van der Waals surface area contributed by atoms with Crippen LogP contribution < -0.4 is 5.32 Å². The van der Waals surface area contributed by atoms with Crippen molar-refractivity contribution in [1.29, 1.82) is 0 Å². The molecule has 0 aliphatic heterocycles. The molecule has 0 atom stereocenters. The van der Waals surface area contributed by atoms with Gasteiger partial charge in [-0.05, 0) is 44.3 Å². The van der Waals surface area contributed by atoms with Crippen LogP contribution >= 0.6 is 27.7 Å². The van der Waals surface area contributed by atoms with Crippen LogP contribution in [-0.4, -0.2) is 23.7 Å². The molecule has 0 amide bonds. The number of hydrogen-bond acceptors (Lipinski definition) is 5. The Balaban J connectivity index is 1.81. The van der Waals surface area contributed by atoms with Gasteiger partial charge in [-0.3, -0.25) is 0 Å². The molecule has 0 spiro atoms. The van der Waals surface area contributed by atoms with Crippen molar-refractivity contribution >= 4 is 27.7 Å². The molecule has 0 bridgehead atoms. The van der Waals surface area contributed by atoms with Crippen molar-refractivity contribution in [3.63, 3.8) is 0 Å². The minimum atomic E-state index is 0.724. The maximum absolute atomic E-state index is 5.21. The van der Waals surface area contributed by atoms with Crippen LogP contribution in [0.15, 0.2) is 38.2 Å². The number of rotatable bonds is 7. The first-order valence-corrected chi connectivity index (χ1v) is 7.90. The highest BCUT2D eigenvalue weighted by Crippen LogP contribution is 2.23. The summed E-state index contributed by atoms with van der Waals surface area (Å²) < 4.78 is 6.30. The van der Waals surface area contributed by atoms with E-state index in [9.17, 15) is 0 Å². The van der Waals surface area contributed by atoms with Crippen molar-refractivity contribution in [2.24, 2.45) is 0 Å². The Morgan fingerprint density at radius 2 is 2.11 bits per heavy atom. The van der Waals surface area contributed by atoms with E-state index in [0.29, 0.717) is 0 Å². The predicted octanol–water partition coefficient (Wildman–Crippen LogP) is 3.28. The minimum absolute atomic E-state index is 0.724. The third-order valence-corrected chi connectivity index (χ3v) is 4.05. The van der Waals surface area contributed by atoms with Gasteiger partial charge in [-0.1, -0.05) is 21.1 Å². The van der Waals surface area contributed by atoms with Gasteiger partial charge < -0.3 is 9.84 Å². The zero-order valence-electron chi connectivity index (χ0n) is 10.7. The number of hydrogen-bond donors (Lipinski definition) is 1. The van der Waals surface area contributed by atoms with Crippen molar-refractivity contribution < 1.29 is 4.52 Å². The molecule has 1 heterocycles. The molecule has 0 fully saturated rings. The molecule has 1 aromatic heterocycles. The van der Waals surface area contributed by atoms with E-state index in [-0.39, 0.29) is 0 Å². The van der Waals surface area contributed by atoms with E-state index in [0.717, 1.165) is 41.3 Å². The average Bonchev–Trinajstić information content (AvgIpc) is 2.86. The largest absolute Gasteiger partial charge is 0.339 e. The molecule has 19 heavy (non-hydrogen) atoms. The lowest BCUT2D eigenvalue weighted by molar-refractivity contribution is 0.371. The molecule has 0 saturated carbocycles. The van der Waals surface area contributed by atoms with E-state index in [1.807, 2.05) is 19.2 Å². The van der Waals surface area contributed by atoms with Crippen LogP contribution in [0.2, 0.25) is 0 Å². The van der Waals surface area contributed by atoms with Crippen molar-refractivity contribution in [1.82, 2.24) is 15.5 Å². The van der Waals surface area contributed by atoms with Crippen molar-refractivity contribution in [3.8, 4) is 0 Å². The second-order valence-corrected chi connectivity index (χ2v) is 6.02. The highest BCUT2D eigenvalue weighted by Gasteiger charge is 2.06. The van der Waals surface area contributed by atoms with Crippen LogP contribution in [0.1, 0.15) is 18.1 Å². The van der Waals surface area contributed by atoms with Crippen LogP contribution in [0.5, 0.6) is 0 Å². The van der Waals surface area contributed by atoms with Crippen molar-refractivity contribution in [2.45, 2.75) is 23.5 Å². The van der Waals surface area contributed by atoms with Crippen LogP contribution in [0.25, 0.3) is 0 Å². The fraction of sp³-hybridized carbons (Fsp3) is 0.385. The summed E-state index contributed by atoms with van der Waals surface area (Å²) in [5, 5.41) is 7.09. The number of nitrogens with one attached hydrogen (secondary N) is 1. The summed E-state index contributed by atoms with van der Waals surface area (Å²) in [7, 11) is 1.94. The Morgan fingerprint density at radius 3 is 2.84 bits per heavy atom. The number of halogens is 1. The molecule has 1 N–H and O–H groups in total. The number of thioether (sulfide) groups is 1. The molecule has 1 aromatic carbocycles. The lowest BCUT2D eigenvalue weighted by Crippen LogP contribution is -2.08. The number of benzene rings is 1. The standard InChI is InChI=1S/C13H16BrN3OS/c1-15-8-2-3-13-16-12(17-18-13)9-19-11-6-4-10(14)5-7-11/h4-7,15H,2-3,8-9H2,1H3. The molecular weight excluding hydrogens is 326 g/mol. The summed E-state index contributed by atoms with van der Waals surface area (Å²) in [6.07, 6.45) is 1.84. The first-order chi connectivity index (χ1) is 9.28. The molecule has 4 nitrogen and oxygen atoms in total. The summed E-state index contributed by atoms with van der Waals surface area (Å²) in [5.41, 5.74) is 0. The van der Waals surface area contributed by atoms with Gasteiger partial charge in [0.15, 0.2) is 5.82 Å². The van der Waals surface area contributed by atoms with E-state index >= 15 is 0 Å². The summed E-state index contributed by atoms with van der Waals surface area (Å²) >= 11 is 5.13. The Labute approximate surface area is 125 Å². The number of aromatic nitrogens is 2. The monoisotopic (exact) mass is 341 g/mol. The quantitative estimate of drug-likeness (QED) is 0.618. The molecule has 0 unspecified atom stereocenters. The minimum Gasteiger partial charge on any atom is -0.339 e. The summed E-state index contributed by atoms with van der Waals surface area (Å²) in [5.74, 6) is 2.21. The fourth-order valence-electron chi connectivity index (χ4n) is 1.55. The van der Waals surface area contributed by atoms with Gasteiger partial charge in [0.05, 0.1) is 5.75 Å². The molecule has 0 saturated heterocycles. The maximum Gasteiger partial charge on any atom is 0.226 e. The van der Waals surface area contributed by atoms with Gasteiger partial charge in [0.25, 0.3) is 0 Å². The Morgan fingerprint density at radius 1 is 1.32 bits per heavy atom. The smallest absolute Gasteiger partial charge is 0.226 e. The molecule has 2 rings (SSSR count). The van der Waals surface area contributed by atoms with Crippen LogP contribution in [0.4, 0.5) is 0 Å². The predicted molar refractivity (Wildman–Crippen MR) is 80.2 cm³/mol. The van der Waals surface area contributed by atoms with E-state index < -0.39 is 0 Å². The van der Waals surface area contributed by atoms with E-state index in [1.165, 1.54) is 4.90 Å².